The van der Waals surface area contributed by atoms with Crippen molar-refractivity contribution in [1.82, 2.24) is 15.0 Å². The lowest BCUT2D eigenvalue weighted by Gasteiger charge is -2.09. The van der Waals surface area contributed by atoms with E-state index >= 15 is 0 Å². The molecule has 0 amide bonds. The van der Waals surface area contributed by atoms with E-state index in [2.05, 4.69) is 20.3 Å². The Morgan fingerprint density at radius 3 is 2.65 bits per heavy atom. The fourth-order valence-electron chi connectivity index (χ4n) is 1.47. The number of hydrogen-bond donors (Lipinski definition) is 1. The molecule has 108 valence electrons. The number of anilines is 1. The number of nitrogens with one attached hydrogen (secondary N) is 1. The van der Waals surface area contributed by atoms with Crippen LogP contribution in [0.3, 0.4) is 0 Å². The number of aryl methyl sites for hydroxylation is 1. The minimum absolute atomic E-state index is 0.0469. The van der Waals surface area contributed by atoms with E-state index in [1.807, 2.05) is 12.3 Å². The fourth-order valence-corrected chi connectivity index (χ4v) is 2.43. The van der Waals surface area contributed by atoms with Crippen molar-refractivity contribution in [3.8, 4) is 0 Å². The molecule has 0 spiro atoms. The minimum Gasteiger partial charge on any atom is -0.369 e. The predicted octanol–water partition coefficient (Wildman–Crippen LogP) is 3.57. The molecule has 0 saturated heterocycles. The first-order chi connectivity index (χ1) is 9.34. The van der Waals surface area contributed by atoms with Crippen LogP contribution in [0.15, 0.2) is 11.4 Å². The van der Waals surface area contributed by atoms with Crippen LogP contribution in [0, 0.1) is 6.92 Å². The topological polar surface area (TPSA) is 50.7 Å². The normalized spacial score (nSPS) is 11.7. The molecule has 0 aromatic carbocycles. The Hall–Kier alpha value is -1.41. The Kier molecular flexibility index (Phi) is 4.44. The molecule has 0 aliphatic rings. The number of nitrogens with zero attached hydrogens (tertiary/aromatic N) is 3. The van der Waals surface area contributed by atoms with Gasteiger partial charge in [0.2, 0.25) is 5.28 Å². The lowest BCUT2D eigenvalue weighted by atomic mass is 10.3. The average molecular weight is 323 g/mol. The first-order valence-electron chi connectivity index (χ1n) is 5.61. The number of hydrogen-bond acceptors (Lipinski definition) is 5. The van der Waals surface area contributed by atoms with Gasteiger partial charge in [0, 0.05) is 30.1 Å². The van der Waals surface area contributed by atoms with Gasteiger partial charge in [-0.25, -0.2) is 15.0 Å². The van der Waals surface area contributed by atoms with Crippen LogP contribution in [0.25, 0.3) is 0 Å². The summed E-state index contributed by atoms with van der Waals surface area (Å²) in [7, 11) is 0. The molecule has 9 heteroatoms. The Morgan fingerprint density at radius 1 is 1.30 bits per heavy atom. The van der Waals surface area contributed by atoms with Crippen molar-refractivity contribution < 1.29 is 13.2 Å². The van der Waals surface area contributed by atoms with Gasteiger partial charge in [-0.3, -0.25) is 0 Å². The molecule has 0 fully saturated rings. The Bertz CT molecular complexity index is 600. The summed E-state index contributed by atoms with van der Waals surface area (Å²) < 4.78 is 37.7. The molecule has 20 heavy (non-hydrogen) atoms. The van der Waals surface area contributed by atoms with Gasteiger partial charge >= 0.3 is 6.18 Å². The molecule has 2 aromatic rings. The summed E-state index contributed by atoms with van der Waals surface area (Å²) in [6.45, 7) is 2.30. The van der Waals surface area contributed by atoms with Crippen molar-refractivity contribution in [2.45, 2.75) is 19.5 Å². The quantitative estimate of drug-likeness (QED) is 0.874. The highest BCUT2D eigenvalue weighted by Crippen LogP contribution is 2.29. The molecule has 2 heterocycles. The fraction of sp³-hybridized carbons (Fsp3) is 0.364. The van der Waals surface area contributed by atoms with Gasteiger partial charge in [0.25, 0.3) is 0 Å². The highest BCUT2D eigenvalue weighted by Gasteiger charge is 2.33. The van der Waals surface area contributed by atoms with Gasteiger partial charge in [-0.2, -0.15) is 13.2 Å². The maximum absolute atomic E-state index is 12.6. The Morgan fingerprint density at radius 2 is 2.05 bits per heavy atom. The molecular formula is C11H10ClF3N4S. The van der Waals surface area contributed by atoms with Gasteiger partial charge in [0.1, 0.15) is 5.82 Å². The van der Waals surface area contributed by atoms with E-state index in [0.717, 1.165) is 16.8 Å². The molecule has 2 rings (SSSR count). The van der Waals surface area contributed by atoms with Crippen LogP contribution in [0.1, 0.15) is 16.4 Å². The largest absolute Gasteiger partial charge is 0.433 e. The van der Waals surface area contributed by atoms with E-state index in [9.17, 15) is 13.2 Å². The van der Waals surface area contributed by atoms with Crippen LogP contribution in [0.4, 0.5) is 19.0 Å². The summed E-state index contributed by atoms with van der Waals surface area (Å²) in [5.41, 5.74) is -0.139. The summed E-state index contributed by atoms with van der Waals surface area (Å²) in [6, 6.07) is 0.832. The number of aromatic nitrogens is 3. The summed E-state index contributed by atoms with van der Waals surface area (Å²) in [5, 5.41) is 5.17. The molecule has 0 saturated carbocycles. The Labute approximate surface area is 122 Å². The molecule has 0 aliphatic heterocycles. The smallest absolute Gasteiger partial charge is 0.369 e. The number of alkyl halides is 3. The van der Waals surface area contributed by atoms with Gasteiger partial charge in [-0.05, 0) is 18.5 Å². The molecular weight excluding hydrogens is 313 g/mol. The SMILES string of the molecule is Cc1csc(CCNc2cc(C(F)(F)F)nc(Cl)n2)n1. The second-order valence-electron chi connectivity index (χ2n) is 3.96. The maximum Gasteiger partial charge on any atom is 0.433 e. The molecule has 0 aliphatic carbocycles. The molecule has 0 atom stereocenters. The monoisotopic (exact) mass is 322 g/mol. The molecule has 0 radical (unpaired) electrons. The van der Waals surface area contributed by atoms with Crippen molar-refractivity contribution >= 4 is 28.8 Å². The van der Waals surface area contributed by atoms with Crippen LogP contribution < -0.4 is 5.32 Å². The number of rotatable bonds is 4. The van der Waals surface area contributed by atoms with Gasteiger partial charge in [0.15, 0.2) is 5.69 Å². The zero-order valence-corrected chi connectivity index (χ0v) is 11.9. The lowest BCUT2D eigenvalue weighted by Crippen LogP contribution is -2.12. The number of thiazole rings is 1. The van der Waals surface area contributed by atoms with E-state index in [4.69, 9.17) is 11.6 Å². The van der Waals surface area contributed by atoms with Gasteiger partial charge in [-0.1, -0.05) is 0 Å². The molecule has 2 aromatic heterocycles. The molecule has 4 nitrogen and oxygen atoms in total. The van der Waals surface area contributed by atoms with Crippen LogP contribution >= 0.6 is 22.9 Å². The van der Waals surface area contributed by atoms with E-state index in [1.165, 1.54) is 11.3 Å². The van der Waals surface area contributed by atoms with Crippen molar-refractivity contribution in [3.05, 3.63) is 33.1 Å². The summed E-state index contributed by atoms with van der Waals surface area (Å²) in [4.78, 5) is 11.1. The molecule has 0 bridgehead atoms. The van der Waals surface area contributed by atoms with E-state index in [1.54, 1.807) is 0 Å². The van der Waals surface area contributed by atoms with Crippen LogP contribution in [-0.4, -0.2) is 21.5 Å². The van der Waals surface area contributed by atoms with Gasteiger partial charge < -0.3 is 5.32 Å². The highest BCUT2D eigenvalue weighted by atomic mass is 35.5. The van der Waals surface area contributed by atoms with Crippen molar-refractivity contribution in [2.24, 2.45) is 0 Å². The first-order valence-corrected chi connectivity index (χ1v) is 6.87. The highest BCUT2D eigenvalue weighted by molar-refractivity contribution is 7.09. The Balaban J connectivity index is 2.00. The predicted molar refractivity (Wildman–Crippen MR) is 71.1 cm³/mol. The van der Waals surface area contributed by atoms with Crippen LogP contribution in [0.5, 0.6) is 0 Å². The lowest BCUT2D eigenvalue weighted by molar-refractivity contribution is -0.141. The maximum atomic E-state index is 12.6. The minimum atomic E-state index is -4.55. The van der Waals surface area contributed by atoms with E-state index in [-0.39, 0.29) is 5.82 Å². The van der Waals surface area contributed by atoms with Crippen LogP contribution in [0.2, 0.25) is 5.28 Å². The molecule has 0 unspecified atom stereocenters. The summed E-state index contributed by atoms with van der Waals surface area (Å²) >= 11 is 6.99. The van der Waals surface area contributed by atoms with Gasteiger partial charge in [-0.15, -0.1) is 11.3 Å². The summed E-state index contributed by atoms with van der Waals surface area (Å²) in [6.07, 6.45) is -3.95. The van der Waals surface area contributed by atoms with Gasteiger partial charge in [0.05, 0.1) is 5.01 Å². The second kappa shape index (κ2) is 5.92. The van der Waals surface area contributed by atoms with Crippen molar-refractivity contribution in [1.29, 1.82) is 0 Å². The molecule has 1 N–H and O–H groups in total. The third-order valence-corrected chi connectivity index (χ3v) is 3.50. The van der Waals surface area contributed by atoms with Crippen molar-refractivity contribution in [3.63, 3.8) is 0 Å². The zero-order valence-electron chi connectivity index (χ0n) is 10.3. The third-order valence-electron chi connectivity index (χ3n) is 2.30. The van der Waals surface area contributed by atoms with Crippen LogP contribution in [-0.2, 0) is 12.6 Å². The average Bonchev–Trinajstić information content (AvgIpc) is 2.73. The summed E-state index contributed by atoms with van der Waals surface area (Å²) in [5.74, 6) is 0.0469. The number of halogens is 4. The standard InChI is InChI=1S/C11H10ClF3N4S/c1-6-5-20-9(17-6)2-3-16-8-4-7(11(13,14)15)18-10(12)19-8/h4-5H,2-3H2,1H3,(H,16,18,19). The first kappa shape index (κ1) is 15.0. The third kappa shape index (κ3) is 4.04. The van der Waals surface area contributed by atoms with E-state index < -0.39 is 17.2 Å². The zero-order chi connectivity index (χ0) is 14.8. The van der Waals surface area contributed by atoms with Crippen molar-refractivity contribution in [2.75, 3.05) is 11.9 Å². The second-order valence-corrected chi connectivity index (χ2v) is 5.25. The van der Waals surface area contributed by atoms with E-state index in [0.29, 0.717) is 13.0 Å².